The van der Waals surface area contributed by atoms with Crippen molar-refractivity contribution in [2.45, 2.75) is 13.0 Å². The van der Waals surface area contributed by atoms with Gasteiger partial charge in [-0.3, -0.25) is 4.99 Å². The van der Waals surface area contributed by atoms with E-state index in [9.17, 15) is 9.90 Å². The van der Waals surface area contributed by atoms with Gasteiger partial charge in [0, 0.05) is 11.8 Å². The molecule has 0 saturated heterocycles. The van der Waals surface area contributed by atoms with Crippen LogP contribution in [0.3, 0.4) is 0 Å². The maximum absolute atomic E-state index is 11.0. The van der Waals surface area contributed by atoms with Crippen molar-refractivity contribution in [1.82, 2.24) is 0 Å². The van der Waals surface area contributed by atoms with Gasteiger partial charge in [0.25, 0.3) is 0 Å². The average molecular weight is 315 g/mol. The largest absolute Gasteiger partial charge is 0.506 e. The second kappa shape index (κ2) is 7.31. The zero-order valence-corrected chi connectivity index (χ0v) is 12.8. The van der Waals surface area contributed by atoms with Crippen LogP contribution in [0.25, 0.3) is 0 Å². The summed E-state index contributed by atoms with van der Waals surface area (Å²) in [5.74, 6) is -0.351. The zero-order chi connectivity index (χ0) is 16.8. The number of carboxylic acids is 1. The van der Waals surface area contributed by atoms with E-state index in [2.05, 4.69) is 4.99 Å². The van der Waals surface area contributed by atoms with Crippen molar-refractivity contribution >= 4 is 17.9 Å². The van der Waals surface area contributed by atoms with E-state index in [1.54, 1.807) is 36.4 Å². The van der Waals surface area contributed by atoms with Crippen LogP contribution in [0.5, 0.6) is 17.2 Å². The second-order valence-electron chi connectivity index (χ2n) is 4.72. The molecule has 0 fully saturated rings. The summed E-state index contributed by atoms with van der Waals surface area (Å²) in [4.78, 5) is 15.2. The summed E-state index contributed by atoms with van der Waals surface area (Å²) in [7, 11) is 1.47. The third-order valence-electron chi connectivity index (χ3n) is 3.10. The van der Waals surface area contributed by atoms with E-state index >= 15 is 0 Å². The van der Waals surface area contributed by atoms with E-state index in [4.69, 9.17) is 14.6 Å². The van der Waals surface area contributed by atoms with Crippen LogP contribution in [-0.4, -0.2) is 35.6 Å². The van der Waals surface area contributed by atoms with Crippen LogP contribution >= 0.6 is 0 Å². The topological polar surface area (TPSA) is 88.4 Å². The number of phenolic OH excluding ortho intramolecular Hbond substituents is 1. The Balaban J connectivity index is 2.38. The molecule has 23 heavy (non-hydrogen) atoms. The van der Waals surface area contributed by atoms with Gasteiger partial charge in [-0.2, -0.15) is 0 Å². The van der Waals surface area contributed by atoms with Gasteiger partial charge in [-0.15, -0.1) is 0 Å². The average Bonchev–Trinajstić information content (AvgIpc) is 2.54. The van der Waals surface area contributed by atoms with Crippen molar-refractivity contribution in [3.63, 3.8) is 0 Å². The maximum atomic E-state index is 11.0. The third kappa shape index (κ3) is 4.00. The fourth-order valence-corrected chi connectivity index (χ4v) is 1.86. The van der Waals surface area contributed by atoms with E-state index in [0.717, 1.165) is 0 Å². The monoisotopic (exact) mass is 315 g/mol. The molecule has 2 aromatic carbocycles. The summed E-state index contributed by atoms with van der Waals surface area (Å²) in [6, 6.07) is 11.8. The number of aliphatic carboxylic acids is 1. The smallest absolute Gasteiger partial charge is 0.344 e. The molecular formula is C17H17NO5. The number of para-hydroxylation sites is 3. The number of methoxy groups -OCH3 is 1. The van der Waals surface area contributed by atoms with Gasteiger partial charge >= 0.3 is 5.97 Å². The highest BCUT2D eigenvalue weighted by molar-refractivity contribution is 5.87. The highest BCUT2D eigenvalue weighted by atomic mass is 16.5. The number of carboxylic acid groups (broad SMARTS) is 1. The van der Waals surface area contributed by atoms with E-state index in [1.165, 1.54) is 26.3 Å². The number of phenols is 1. The Morgan fingerprint density at radius 2 is 1.96 bits per heavy atom. The van der Waals surface area contributed by atoms with Gasteiger partial charge < -0.3 is 19.7 Å². The van der Waals surface area contributed by atoms with Gasteiger partial charge in [0.15, 0.2) is 17.6 Å². The molecule has 0 spiro atoms. The molecule has 2 N–H and O–H groups in total. The van der Waals surface area contributed by atoms with E-state index in [1.807, 2.05) is 0 Å². The minimum Gasteiger partial charge on any atom is -0.506 e. The van der Waals surface area contributed by atoms with Crippen LogP contribution in [0.15, 0.2) is 47.5 Å². The fourth-order valence-electron chi connectivity index (χ4n) is 1.86. The van der Waals surface area contributed by atoms with Gasteiger partial charge in [-0.05, 0) is 31.2 Å². The number of aliphatic imine (C=N–C) groups is 1. The molecule has 120 valence electrons. The van der Waals surface area contributed by atoms with Crippen molar-refractivity contribution in [3.8, 4) is 17.2 Å². The minimum absolute atomic E-state index is 0.0491. The van der Waals surface area contributed by atoms with Crippen LogP contribution in [0.2, 0.25) is 0 Å². The first-order chi connectivity index (χ1) is 11.0. The van der Waals surface area contributed by atoms with Gasteiger partial charge in [0.05, 0.1) is 7.11 Å². The molecule has 2 aromatic rings. The standard InChI is InChI=1S/C17H17NO5/c1-11(17(20)21)23-16-12(6-5-9-15(16)22-2)10-18-13-7-3-4-8-14(13)19/h3-11,19H,1-2H3,(H,20,21)/t11-/m0/s1. The van der Waals surface area contributed by atoms with Crippen LogP contribution in [-0.2, 0) is 4.79 Å². The Hall–Kier alpha value is -3.02. The lowest BCUT2D eigenvalue weighted by Gasteiger charge is -2.15. The van der Waals surface area contributed by atoms with Crippen LogP contribution < -0.4 is 9.47 Å². The first-order valence-corrected chi connectivity index (χ1v) is 6.91. The highest BCUT2D eigenvalue weighted by Crippen LogP contribution is 2.32. The predicted molar refractivity (Wildman–Crippen MR) is 86.1 cm³/mol. The van der Waals surface area contributed by atoms with E-state index < -0.39 is 12.1 Å². The molecule has 0 saturated carbocycles. The first-order valence-electron chi connectivity index (χ1n) is 6.91. The van der Waals surface area contributed by atoms with Gasteiger partial charge in [0.1, 0.15) is 11.4 Å². The first kappa shape index (κ1) is 16.4. The summed E-state index contributed by atoms with van der Waals surface area (Å²) in [6.45, 7) is 1.43. The molecule has 0 radical (unpaired) electrons. The molecule has 0 aliphatic heterocycles. The highest BCUT2D eigenvalue weighted by Gasteiger charge is 2.17. The number of carbonyl (C=O) groups is 1. The molecule has 1 atom stereocenters. The Morgan fingerprint density at radius 1 is 1.22 bits per heavy atom. The molecule has 2 rings (SSSR count). The van der Waals surface area contributed by atoms with Crippen LogP contribution in [0, 0.1) is 0 Å². The summed E-state index contributed by atoms with van der Waals surface area (Å²) < 4.78 is 10.7. The lowest BCUT2D eigenvalue weighted by Crippen LogP contribution is -2.23. The molecule has 0 heterocycles. The van der Waals surface area contributed by atoms with Gasteiger partial charge in [-0.1, -0.05) is 18.2 Å². The van der Waals surface area contributed by atoms with Crippen LogP contribution in [0.1, 0.15) is 12.5 Å². The minimum atomic E-state index is -1.08. The van der Waals surface area contributed by atoms with Gasteiger partial charge in [0.2, 0.25) is 0 Å². The lowest BCUT2D eigenvalue weighted by atomic mass is 10.2. The molecule has 0 aliphatic rings. The van der Waals surface area contributed by atoms with Crippen molar-refractivity contribution in [2.24, 2.45) is 4.99 Å². The fraction of sp³-hybridized carbons (Fsp3) is 0.176. The van der Waals surface area contributed by atoms with Crippen molar-refractivity contribution in [2.75, 3.05) is 7.11 Å². The Kier molecular flexibility index (Phi) is 5.19. The summed E-state index contributed by atoms with van der Waals surface area (Å²) in [5.41, 5.74) is 0.938. The number of ether oxygens (including phenoxy) is 2. The zero-order valence-electron chi connectivity index (χ0n) is 12.8. The number of hydrogen-bond donors (Lipinski definition) is 2. The molecule has 6 heteroatoms. The third-order valence-corrected chi connectivity index (χ3v) is 3.10. The molecule has 0 aliphatic carbocycles. The predicted octanol–water partition coefficient (Wildman–Crippen LogP) is 3.00. The Morgan fingerprint density at radius 3 is 2.61 bits per heavy atom. The summed E-state index contributed by atoms with van der Waals surface area (Å²) >= 11 is 0. The summed E-state index contributed by atoms with van der Waals surface area (Å²) in [6.07, 6.45) is 0.449. The maximum Gasteiger partial charge on any atom is 0.344 e. The lowest BCUT2D eigenvalue weighted by molar-refractivity contribution is -0.144. The molecule has 0 aromatic heterocycles. The second-order valence-corrected chi connectivity index (χ2v) is 4.72. The van der Waals surface area contributed by atoms with Crippen molar-refractivity contribution in [3.05, 3.63) is 48.0 Å². The quantitative estimate of drug-likeness (QED) is 0.800. The molecule has 0 amide bonds. The van der Waals surface area contributed by atoms with E-state index in [-0.39, 0.29) is 11.5 Å². The van der Waals surface area contributed by atoms with E-state index in [0.29, 0.717) is 17.0 Å². The normalized spacial score (nSPS) is 12.1. The summed E-state index contributed by atoms with van der Waals surface area (Å²) in [5, 5.41) is 18.7. The van der Waals surface area contributed by atoms with Gasteiger partial charge in [-0.25, -0.2) is 4.79 Å². The molecule has 0 bridgehead atoms. The number of aromatic hydroxyl groups is 1. The molecule has 6 nitrogen and oxygen atoms in total. The Labute approximate surface area is 133 Å². The molecular weight excluding hydrogens is 298 g/mol. The van der Waals surface area contributed by atoms with Crippen molar-refractivity contribution < 1.29 is 24.5 Å². The van der Waals surface area contributed by atoms with Crippen molar-refractivity contribution in [1.29, 1.82) is 0 Å². The number of nitrogens with zero attached hydrogens (tertiary/aromatic N) is 1. The molecule has 0 unspecified atom stereocenters. The number of benzene rings is 2. The van der Waals surface area contributed by atoms with Crippen LogP contribution in [0.4, 0.5) is 5.69 Å². The Bertz CT molecular complexity index is 727. The number of hydrogen-bond acceptors (Lipinski definition) is 5. The SMILES string of the molecule is COc1cccc(C=Nc2ccccc2O)c1O[C@@H](C)C(=O)O. The number of rotatable bonds is 6.